The third-order valence-electron chi connectivity index (χ3n) is 3.84. The van der Waals surface area contributed by atoms with Gasteiger partial charge in [0.2, 0.25) is 11.8 Å². The monoisotopic (exact) mass is 283 g/mol. The zero-order chi connectivity index (χ0) is 14.4. The molecule has 1 saturated heterocycles. The molecule has 6 heteroatoms. The molecule has 0 aromatic heterocycles. The summed E-state index contributed by atoms with van der Waals surface area (Å²) in [6.07, 6.45) is 4.74. The first-order chi connectivity index (χ1) is 9.69. The molecule has 2 amide bonds. The summed E-state index contributed by atoms with van der Waals surface area (Å²) < 4.78 is 4.79. The van der Waals surface area contributed by atoms with Crippen molar-refractivity contribution in [3.05, 3.63) is 0 Å². The standard InChI is InChI=1S/C14H25N3O3/c1-20-10-13(18)16-12-5-8-17(9-6-12)14(19)4-7-15-11-2-3-11/h11-12,15H,2-10H2,1H3,(H,16,18). The molecule has 0 aromatic carbocycles. The Hall–Kier alpha value is -1.14. The summed E-state index contributed by atoms with van der Waals surface area (Å²) >= 11 is 0. The van der Waals surface area contributed by atoms with Crippen LogP contribution in [0.15, 0.2) is 0 Å². The first kappa shape index (κ1) is 15.3. The quantitative estimate of drug-likeness (QED) is 0.683. The highest BCUT2D eigenvalue weighted by atomic mass is 16.5. The molecule has 2 rings (SSSR count). The fourth-order valence-corrected chi connectivity index (χ4v) is 2.50. The number of rotatable bonds is 7. The fraction of sp³-hybridized carbons (Fsp3) is 0.857. The van der Waals surface area contributed by atoms with Gasteiger partial charge in [-0.15, -0.1) is 0 Å². The van der Waals surface area contributed by atoms with Gasteiger partial charge in [0.15, 0.2) is 0 Å². The fourth-order valence-electron chi connectivity index (χ4n) is 2.50. The molecule has 1 saturated carbocycles. The Morgan fingerprint density at radius 2 is 1.85 bits per heavy atom. The second kappa shape index (κ2) is 7.59. The average molecular weight is 283 g/mol. The van der Waals surface area contributed by atoms with Crippen molar-refractivity contribution in [2.45, 2.75) is 44.2 Å². The van der Waals surface area contributed by atoms with Gasteiger partial charge in [-0.1, -0.05) is 0 Å². The second-order valence-electron chi connectivity index (χ2n) is 5.63. The predicted molar refractivity (Wildman–Crippen MR) is 75.3 cm³/mol. The number of ether oxygens (including phenoxy) is 1. The van der Waals surface area contributed by atoms with E-state index in [9.17, 15) is 9.59 Å². The number of nitrogens with zero attached hydrogens (tertiary/aromatic N) is 1. The summed E-state index contributed by atoms with van der Waals surface area (Å²) in [7, 11) is 1.51. The first-order valence-corrected chi connectivity index (χ1v) is 7.48. The zero-order valence-corrected chi connectivity index (χ0v) is 12.2. The summed E-state index contributed by atoms with van der Waals surface area (Å²) in [5, 5.41) is 6.29. The molecular formula is C14H25N3O3. The smallest absolute Gasteiger partial charge is 0.246 e. The van der Waals surface area contributed by atoms with E-state index in [4.69, 9.17) is 4.74 Å². The Bertz CT molecular complexity index is 337. The van der Waals surface area contributed by atoms with Crippen LogP contribution in [0.1, 0.15) is 32.1 Å². The molecule has 0 aromatic rings. The number of methoxy groups -OCH3 is 1. The number of hydrogen-bond donors (Lipinski definition) is 2. The van der Waals surface area contributed by atoms with Crippen molar-refractivity contribution in [3.63, 3.8) is 0 Å². The maximum absolute atomic E-state index is 12.0. The minimum Gasteiger partial charge on any atom is -0.375 e. The summed E-state index contributed by atoms with van der Waals surface area (Å²) in [6.45, 7) is 2.36. The molecule has 1 heterocycles. The van der Waals surface area contributed by atoms with Gasteiger partial charge in [0.1, 0.15) is 6.61 Å². The molecule has 2 aliphatic rings. The molecule has 0 bridgehead atoms. The van der Waals surface area contributed by atoms with Gasteiger partial charge in [-0.25, -0.2) is 0 Å². The van der Waals surface area contributed by atoms with E-state index in [0.717, 1.165) is 32.5 Å². The maximum Gasteiger partial charge on any atom is 0.246 e. The number of carbonyl (C=O) groups is 2. The first-order valence-electron chi connectivity index (χ1n) is 7.48. The van der Waals surface area contributed by atoms with Crippen molar-refractivity contribution in [1.29, 1.82) is 0 Å². The van der Waals surface area contributed by atoms with E-state index in [0.29, 0.717) is 12.5 Å². The van der Waals surface area contributed by atoms with Crippen LogP contribution in [0.25, 0.3) is 0 Å². The number of carbonyl (C=O) groups excluding carboxylic acids is 2. The van der Waals surface area contributed by atoms with Crippen LogP contribution in [0, 0.1) is 0 Å². The van der Waals surface area contributed by atoms with Crippen molar-refractivity contribution < 1.29 is 14.3 Å². The lowest BCUT2D eigenvalue weighted by molar-refractivity contribution is -0.132. The third kappa shape index (κ3) is 5.09. The van der Waals surface area contributed by atoms with Crippen molar-refractivity contribution in [2.75, 3.05) is 33.4 Å². The van der Waals surface area contributed by atoms with Gasteiger partial charge in [-0.05, 0) is 25.7 Å². The Morgan fingerprint density at radius 1 is 1.15 bits per heavy atom. The SMILES string of the molecule is COCC(=O)NC1CCN(C(=O)CCNC2CC2)CC1. The van der Waals surface area contributed by atoms with E-state index in [2.05, 4.69) is 10.6 Å². The largest absolute Gasteiger partial charge is 0.375 e. The van der Waals surface area contributed by atoms with Gasteiger partial charge < -0.3 is 20.3 Å². The Morgan fingerprint density at radius 3 is 2.45 bits per heavy atom. The van der Waals surface area contributed by atoms with E-state index >= 15 is 0 Å². The Kier molecular flexibility index (Phi) is 5.79. The van der Waals surface area contributed by atoms with Crippen LogP contribution in [0.2, 0.25) is 0 Å². The molecule has 1 aliphatic carbocycles. The van der Waals surface area contributed by atoms with Gasteiger partial charge in [-0.3, -0.25) is 9.59 Å². The molecule has 2 N–H and O–H groups in total. The van der Waals surface area contributed by atoms with E-state index in [1.54, 1.807) is 0 Å². The highest BCUT2D eigenvalue weighted by molar-refractivity contribution is 5.78. The molecular weight excluding hydrogens is 258 g/mol. The Balaban J connectivity index is 1.59. The van der Waals surface area contributed by atoms with Crippen molar-refractivity contribution in [2.24, 2.45) is 0 Å². The lowest BCUT2D eigenvalue weighted by Crippen LogP contribution is -2.47. The molecule has 2 fully saturated rings. The summed E-state index contributed by atoms with van der Waals surface area (Å²) in [5.74, 6) is 0.144. The van der Waals surface area contributed by atoms with Crippen LogP contribution in [-0.4, -0.2) is 62.1 Å². The molecule has 0 radical (unpaired) electrons. The molecule has 6 nitrogen and oxygen atoms in total. The lowest BCUT2D eigenvalue weighted by atomic mass is 10.0. The molecule has 0 unspecified atom stereocenters. The number of amides is 2. The Labute approximate surface area is 120 Å². The van der Waals surface area contributed by atoms with E-state index in [1.807, 2.05) is 4.90 Å². The van der Waals surface area contributed by atoms with E-state index in [-0.39, 0.29) is 24.5 Å². The van der Waals surface area contributed by atoms with Crippen LogP contribution < -0.4 is 10.6 Å². The van der Waals surface area contributed by atoms with Gasteiger partial charge in [0, 0.05) is 45.2 Å². The van der Waals surface area contributed by atoms with Crippen molar-refractivity contribution in [1.82, 2.24) is 15.5 Å². The normalized spacial score (nSPS) is 19.9. The van der Waals surface area contributed by atoms with Crippen LogP contribution in [0.3, 0.4) is 0 Å². The number of piperidine rings is 1. The lowest BCUT2D eigenvalue weighted by Gasteiger charge is -2.32. The number of hydrogen-bond acceptors (Lipinski definition) is 4. The van der Waals surface area contributed by atoms with Crippen LogP contribution in [0.5, 0.6) is 0 Å². The second-order valence-corrected chi connectivity index (χ2v) is 5.63. The van der Waals surface area contributed by atoms with E-state index in [1.165, 1.54) is 20.0 Å². The predicted octanol–water partition coefficient (Wildman–Crippen LogP) is -0.118. The van der Waals surface area contributed by atoms with Crippen LogP contribution in [-0.2, 0) is 14.3 Å². The van der Waals surface area contributed by atoms with Gasteiger partial charge in [0.25, 0.3) is 0 Å². The van der Waals surface area contributed by atoms with Crippen molar-refractivity contribution >= 4 is 11.8 Å². The minimum atomic E-state index is -0.0779. The maximum atomic E-state index is 12.0. The average Bonchev–Trinajstić information content (AvgIpc) is 3.24. The molecule has 0 atom stereocenters. The third-order valence-corrected chi connectivity index (χ3v) is 3.84. The number of likely N-dealkylation sites (tertiary alicyclic amines) is 1. The minimum absolute atomic E-state index is 0.0779. The van der Waals surface area contributed by atoms with Gasteiger partial charge in [0.05, 0.1) is 0 Å². The van der Waals surface area contributed by atoms with Crippen LogP contribution >= 0.6 is 0 Å². The summed E-state index contributed by atoms with van der Waals surface area (Å²) in [6, 6.07) is 0.829. The van der Waals surface area contributed by atoms with Crippen LogP contribution in [0.4, 0.5) is 0 Å². The molecule has 114 valence electrons. The molecule has 0 spiro atoms. The van der Waals surface area contributed by atoms with E-state index < -0.39 is 0 Å². The van der Waals surface area contributed by atoms with Crippen molar-refractivity contribution in [3.8, 4) is 0 Å². The number of nitrogens with one attached hydrogen (secondary N) is 2. The summed E-state index contributed by atoms with van der Waals surface area (Å²) in [4.78, 5) is 25.3. The molecule has 1 aliphatic heterocycles. The highest BCUT2D eigenvalue weighted by Crippen LogP contribution is 2.18. The topological polar surface area (TPSA) is 70.7 Å². The summed E-state index contributed by atoms with van der Waals surface area (Å²) in [5.41, 5.74) is 0. The van der Waals surface area contributed by atoms with Gasteiger partial charge >= 0.3 is 0 Å². The highest BCUT2D eigenvalue weighted by Gasteiger charge is 2.24. The van der Waals surface area contributed by atoms with Gasteiger partial charge in [-0.2, -0.15) is 0 Å². The zero-order valence-electron chi connectivity index (χ0n) is 12.2. The molecule has 20 heavy (non-hydrogen) atoms.